The summed E-state index contributed by atoms with van der Waals surface area (Å²) >= 11 is 0. The number of nitrogens with one attached hydrogen (secondary N) is 1. The molecule has 0 saturated heterocycles. The maximum atomic E-state index is 12.4. The van der Waals surface area contributed by atoms with Gasteiger partial charge in [0.15, 0.2) is 5.54 Å². The lowest BCUT2D eigenvalue weighted by molar-refractivity contribution is -0.142. The van der Waals surface area contributed by atoms with Gasteiger partial charge in [0.1, 0.15) is 0 Å². The third kappa shape index (κ3) is 4.10. The number of anilines is 1. The van der Waals surface area contributed by atoms with Gasteiger partial charge in [0.2, 0.25) is 0 Å². The van der Waals surface area contributed by atoms with Crippen LogP contribution in [0.2, 0.25) is 0 Å². The van der Waals surface area contributed by atoms with Crippen molar-refractivity contribution in [2.24, 2.45) is 0 Å². The topological polar surface area (TPSA) is 41.6 Å². The second-order valence-corrected chi connectivity index (χ2v) is 5.96. The van der Waals surface area contributed by atoms with Crippen molar-refractivity contribution in [1.82, 2.24) is 4.90 Å². The Labute approximate surface area is 148 Å². The predicted octanol–water partition coefficient (Wildman–Crippen LogP) is 3.60. The van der Waals surface area contributed by atoms with E-state index in [2.05, 4.69) is 22.3 Å². The molecule has 1 aliphatic rings. The molecule has 3 rings (SSSR count). The van der Waals surface area contributed by atoms with Gasteiger partial charge in [-0.05, 0) is 36.3 Å². The summed E-state index contributed by atoms with van der Waals surface area (Å²) in [5.74, 6) is -0.341. The lowest BCUT2D eigenvalue weighted by Gasteiger charge is -2.31. The number of ether oxygens (including phenoxy) is 1. The summed E-state index contributed by atoms with van der Waals surface area (Å²) in [4.78, 5) is 14.4. The number of methoxy groups -OCH3 is 1. The lowest BCUT2D eigenvalue weighted by atomic mass is 9.96. The van der Waals surface area contributed by atoms with Crippen molar-refractivity contribution in [2.45, 2.75) is 12.0 Å². The predicted molar refractivity (Wildman–Crippen MR) is 99.9 cm³/mol. The highest BCUT2D eigenvalue weighted by Crippen LogP contribution is 2.24. The van der Waals surface area contributed by atoms with Crippen molar-refractivity contribution in [3.63, 3.8) is 0 Å². The van der Waals surface area contributed by atoms with Crippen LogP contribution in [0.5, 0.6) is 0 Å². The van der Waals surface area contributed by atoms with Crippen LogP contribution in [0.3, 0.4) is 0 Å². The Morgan fingerprint density at radius 1 is 1.00 bits per heavy atom. The average Bonchev–Trinajstić information content (AvgIpc) is 2.68. The van der Waals surface area contributed by atoms with E-state index in [1.165, 1.54) is 12.7 Å². The second kappa shape index (κ2) is 7.71. The first kappa shape index (κ1) is 16.8. The minimum Gasteiger partial charge on any atom is -0.467 e. The van der Waals surface area contributed by atoms with Gasteiger partial charge >= 0.3 is 5.97 Å². The van der Waals surface area contributed by atoms with Gasteiger partial charge < -0.3 is 15.0 Å². The molecule has 0 spiro atoms. The number of hydrogen-bond acceptors (Lipinski definition) is 4. The van der Waals surface area contributed by atoms with E-state index in [4.69, 9.17) is 4.74 Å². The van der Waals surface area contributed by atoms with Gasteiger partial charge in [-0.3, -0.25) is 0 Å². The summed E-state index contributed by atoms with van der Waals surface area (Å²) in [6.07, 6.45) is 8.48. The van der Waals surface area contributed by atoms with Gasteiger partial charge in [-0.1, -0.05) is 48.5 Å². The number of carbonyl (C=O) groups is 1. The zero-order valence-electron chi connectivity index (χ0n) is 14.3. The average molecular weight is 334 g/mol. The van der Waals surface area contributed by atoms with E-state index in [9.17, 15) is 4.79 Å². The number of esters is 1. The van der Waals surface area contributed by atoms with E-state index in [-0.39, 0.29) is 5.97 Å². The molecule has 1 heterocycles. The fourth-order valence-corrected chi connectivity index (χ4v) is 2.78. The largest absolute Gasteiger partial charge is 0.467 e. The summed E-state index contributed by atoms with van der Waals surface area (Å²) in [6, 6.07) is 20.0. The SMILES string of the molecule is COC(=O)C1(Nc2ccccc2)C=CN(CCc2ccccc2)C=C1. The molecule has 25 heavy (non-hydrogen) atoms. The summed E-state index contributed by atoms with van der Waals surface area (Å²) in [7, 11) is 1.40. The molecule has 0 saturated carbocycles. The molecule has 4 nitrogen and oxygen atoms in total. The quantitative estimate of drug-likeness (QED) is 0.820. The highest BCUT2D eigenvalue weighted by atomic mass is 16.5. The lowest BCUT2D eigenvalue weighted by Crippen LogP contribution is -2.45. The molecule has 1 aliphatic heterocycles. The molecule has 0 bridgehead atoms. The minimum atomic E-state index is -0.987. The van der Waals surface area contributed by atoms with Crippen molar-refractivity contribution in [3.8, 4) is 0 Å². The zero-order valence-corrected chi connectivity index (χ0v) is 14.3. The molecular weight excluding hydrogens is 312 g/mol. The van der Waals surface area contributed by atoms with E-state index in [0.29, 0.717) is 0 Å². The molecule has 0 fully saturated rings. The number of benzene rings is 2. The first-order chi connectivity index (χ1) is 12.2. The Balaban J connectivity index is 1.70. The Morgan fingerprint density at radius 3 is 2.20 bits per heavy atom. The minimum absolute atomic E-state index is 0.341. The number of hydrogen-bond donors (Lipinski definition) is 1. The normalized spacial score (nSPS) is 15.0. The molecule has 128 valence electrons. The molecule has 2 aromatic carbocycles. The Morgan fingerprint density at radius 2 is 1.60 bits per heavy atom. The Kier molecular flexibility index (Phi) is 5.19. The molecular formula is C21H22N2O2. The third-order valence-corrected chi connectivity index (χ3v) is 4.21. The van der Waals surface area contributed by atoms with Crippen molar-refractivity contribution in [3.05, 3.63) is 90.8 Å². The Bertz CT molecular complexity index is 740. The molecule has 0 aromatic heterocycles. The summed E-state index contributed by atoms with van der Waals surface area (Å²) in [5.41, 5.74) is 1.16. The van der Waals surface area contributed by atoms with Crippen LogP contribution >= 0.6 is 0 Å². The molecule has 0 unspecified atom stereocenters. The van der Waals surface area contributed by atoms with E-state index < -0.39 is 5.54 Å². The van der Waals surface area contributed by atoms with E-state index in [1.807, 2.05) is 73.1 Å². The number of para-hydroxylation sites is 1. The fourth-order valence-electron chi connectivity index (χ4n) is 2.78. The summed E-state index contributed by atoms with van der Waals surface area (Å²) < 4.78 is 5.01. The summed E-state index contributed by atoms with van der Waals surface area (Å²) in [5, 5.41) is 3.26. The van der Waals surface area contributed by atoms with Crippen LogP contribution in [-0.2, 0) is 16.0 Å². The second-order valence-electron chi connectivity index (χ2n) is 5.96. The van der Waals surface area contributed by atoms with Crippen molar-refractivity contribution >= 4 is 11.7 Å². The van der Waals surface area contributed by atoms with E-state index in [1.54, 1.807) is 0 Å². The summed E-state index contributed by atoms with van der Waals surface area (Å²) in [6.45, 7) is 0.847. The molecule has 2 aromatic rings. The molecule has 0 atom stereocenters. The molecule has 0 radical (unpaired) electrons. The number of nitrogens with zero attached hydrogens (tertiary/aromatic N) is 1. The van der Waals surface area contributed by atoms with Gasteiger partial charge in [0, 0.05) is 24.6 Å². The van der Waals surface area contributed by atoms with Crippen molar-refractivity contribution < 1.29 is 9.53 Å². The van der Waals surface area contributed by atoms with Crippen LogP contribution in [0.25, 0.3) is 0 Å². The van der Waals surface area contributed by atoms with Crippen LogP contribution < -0.4 is 5.32 Å². The highest BCUT2D eigenvalue weighted by molar-refractivity contribution is 5.90. The van der Waals surface area contributed by atoms with E-state index in [0.717, 1.165) is 18.7 Å². The van der Waals surface area contributed by atoms with Gasteiger partial charge in [-0.2, -0.15) is 0 Å². The smallest absolute Gasteiger partial charge is 0.339 e. The maximum absolute atomic E-state index is 12.4. The zero-order chi connectivity index (χ0) is 17.5. The van der Waals surface area contributed by atoms with Crippen molar-refractivity contribution in [2.75, 3.05) is 19.0 Å². The van der Waals surface area contributed by atoms with Gasteiger partial charge in [0.25, 0.3) is 0 Å². The highest BCUT2D eigenvalue weighted by Gasteiger charge is 2.36. The Hall–Kier alpha value is -3.01. The van der Waals surface area contributed by atoms with Crippen LogP contribution in [0.15, 0.2) is 85.2 Å². The van der Waals surface area contributed by atoms with Crippen LogP contribution in [0.4, 0.5) is 5.69 Å². The van der Waals surface area contributed by atoms with Crippen molar-refractivity contribution in [1.29, 1.82) is 0 Å². The van der Waals surface area contributed by atoms with Gasteiger partial charge in [0.05, 0.1) is 7.11 Å². The van der Waals surface area contributed by atoms with Gasteiger partial charge in [-0.25, -0.2) is 4.79 Å². The first-order valence-electron chi connectivity index (χ1n) is 8.32. The van der Waals surface area contributed by atoms with Crippen LogP contribution in [0.1, 0.15) is 5.56 Å². The van der Waals surface area contributed by atoms with Crippen LogP contribution in [-0.4, -0.2) is 30.1 Å². The fraction of sp³-hybridized carbons (Fsp3) is 0.190. The monoisotopic (exact) mass is 334 g/mol. The number of carbonyl (C=O) groups excluding carboxylic acids is 1. The molecule has 4 heteroatoms. The maximum Gasteiger partial charge on any atom is 0.339 e. The third-order valence-electron chi connectivity index (χ3n) is 4.21. The van der Waals surface area contributed by atoms with Crippen LogP contribution in [0, 0.1) is 0 Å². The molecule has 0 aliphatic carbocycles. The van der Waals surface area contributed by atoms with Gasteiger partial charge in [-0.15, -0.1) is 0 Å². The first-order valence-corrected chi connectivity index (χ1v) is 8.32. The van der Waals surface area contributed by atoms with E-state index >= 15 is 0 Å². The molecule has 0 amide bonds. The number of rotatable bonds is 6. The molecule has 1 N–H and O–H groups in total. The standard InChI is InChI=1S/C21H22N2O2/c1-25-20(24)21(22-19-10-6-3-7-11-19)13-16-23(17-14-21)15-12-18-8-4-2-5-9-18/h2-11,13-14,16-17,22H,12,15H2,1H3.